The van der Waals surface area contributed by atoms with E-state index in [1.807, 2.05) is 11.4 Å². The van der Waals surface area contributed by atoms with Gasteiger partial charge in [-0.1, -0.05) is 6.07 Å². The molecule has 10 heteroatoms. The Kier molecular flexibility index (Phi) is 7.50. The van der Waals surface area contributed by atoms with E-state index in [1.165, 1.54) is 40.6 Å². The summed E-state index contributed by atoms with van der Waals surface area (Å²) in [4.78, 5) is 16.7. The number of hydrogen-bond acceptors (Lipinski definition) is 6. The summed E-state index contributed by atoms with van der Waals surface area (Å²) >= 11 is 1.63. The van der Waals surface area contributed by atoms with Gasteiger partial charge in [0.25, 0.3) is 0 Å². The standard InChI is InChI=1S/C27H29FN2O5S2/c1-34-21-7-9-23(10-8-21)37(32,33)29(16-19-5-6-19)17-27(31)30-13-11-26-24(12-14-36-26)25(30)18-35-22-4-2-3-20(28)15-22/h2-4,7-10,12,14-15,19,25H,5-6,11,13,16-18H2,1H3/t25-/m0/s1. The number of carbonyl (C=O) groups excluding carboxylic acids is 1. The van der Waals surface area contributed by atoms with E-state index in [1.54, 1.807) is 40.5 Å². The first-order valence-electron chi connectivity index (χ1n) is 12.2. The van der Waals surface area contributed by atoms with E-state index in [9.17, 15) is 17.6 Å². The van der Waals surface area contributed by atoms with Crippen LogP contribution in [0.4, 0.5) is 4.39 Å². The van der Waals surface area contributed by atoms with Crippen molar-refractivity contribution in [2.24, 2.45) is 5.92 Å². The predicted molar refractivity (Wildman–Crippen MR) is 139 cm³/mol. The van der Waals surface area contributed by atoms with Crippen molar-refractivity contribution < 1.29 is 27.1 Å². The van der Waals surface area contributed by atoms with Crippen LogP contribution in [-0.2, 0) is 21.2 Å². The SMILES string of the molecule is COc1ccc(S(=O)(=O)N(CC(=O)N2CCc3sccc3[C@@H]2COc2cccc(F)c2)CC2CC2)cc1. The number of amides is 1. The number of nitrogens with zero attached hydrogens (tertiary/aromatic N) is 2. The van der Waals surface area contributed by atoms with Crippen LogP contribution in [0.1, 0.15) is 29.3 Å². The maximum atomic E-state index is 13.7. The molecule has 1 atom stereocenters. The molecule has 1 fully saturated rings. The Hall–Kier alpha value is -2.95. The summed E-state index contributed by atoms with van der Waals surface area (Å²) in [5.74, 6) is 0.530. The molecule has 2 heterocycles. The molecule has 1 amide bonds. The molecule has 1 aliphatic heterocycles. The van der Waals surface area contributed by atoms with Gasteiger partial charge in [-0.25, -0.2) is 12.8 Å². The molecule has 0 unspecified atom stereocenters. The van der Waals surface area contributed by atoms with Crippen LogP contribution in [0.25, 0.3) is 0 Å². The predicted octanol–water partition coefficient (Wildman–Crippen LogP) is 4.50. The van der Waals surface area contributed by atoms with E-state index in [4.69, 9.17) is 9.47 Å². The van der Waals surface area contributed by atoms with Crippen LogP contribution in [0.15, 0.2) is 64.9 Å². The summed E-state index contributed by atoms with van der Waals surface area (Å²) in [5, 5.41) is 1.99. The number of halogens is 1. The van der Waals surface area contributed by atoms with E-state index in [-0.39, 0.29) is 29.9 Å². The van der Waals surface area contributed by atoms with Crippen molar-refractivity contribution in [2.45, 2.75) is 30.2 Å². The molecule has 0 N–H and O–H groups in total. The molecule has 37 heavy (non-hydrogen) atoms. The lowest BCUT2D eigenvalue weighted by molar-refractivity contribution is -0.135. The van der Waals surface area contributed by atoms with Crippen LogP contribution in [0.5, 0.6) is 11.5 Å². The summed E-state index contributed by atoms with van der Waals surface area (Å²) in [6, 6.07) is 13.7. The number of thiophene rings is 1. The third-order valence-electron chi connectivity index (χ3n) is 6.79. The van der Waals surface area contributed by atoms with E-state index < -0.39 is 21.9 Å². The molecule has 196 valence electrons. The molecule has 7 nitrogen and oxygen atoms in total. The Morgan fingerprint density at radius 3 is 2.62 bits per heavy atom. The number of fused-ring (bicyclic) bond motifs is 1. The van der Waals surface area contributed by atoms with Crippen LogP contribution in [0.3, 0.4) is 0 Å². The molecule has 3 aromatic rings. The van der Waals surface area contributed by atoms with Crippen molar-refractivity contribution in [2.75, 3.05) is 33.4 Å². The molecule has 1 aliphatic carbocycles. The topological polar surface area (TPSA) is 76.2 Å². The van der Waals surface area contributed by atoms with Crippen molar-refractivity contribution in [3.8, 4) is 11.5 Å². The Morgan fingerprint density at radius 2 is 1.92 bits per heavy atom. The van der Waals surface area contributed by atoms with Crippen LogP contribution >= 0.6 is 11.3 Å². The van der Waals surface area contributed by atoms with Gasteiger partial charge in [0.2, 0.25) is 15.9 Å². The van der Waals surface area contributed by atoms with Gasteiger partial charge in [-0.2, -0.15) is 4.31 Å². The van der Waals surface area contributed by atoms with Crippen molar-refractivity contribution in [3.63, 3.8) is 0 Å². The summed E-state index contributed by atoms with van der Waals surface area (Å²) in [6.07, 6.45) is 2.60. The van der Waals surface area contributed by atoms with Crippen molar-refractivity contribution in [3.05, 3.63) is 76.2 Å². The van der Waals surface area contributed by atoms with E-state index in [0.717, 1.165) is 18.4 Å². The first-order valence-corrected chi connectivity index (χ1v) is 14.6. The monoisotopic (exact) mass is 544 g/mol. The fourth-order valence-electron chi connectivity index (χ4n) is 4.58. The van der Waals surface area contributed by atoms with Crippen LogP contribution in [0, 0.1) is 11.7 Å². The van der Waals surface area contributed by atoms with E-state index in [2.05, 4.69) is 0 Å². The summed E-state index contributed by atoms with van der Waals surface area (Å²) in [6.45, 7) is 0.666. The van der Waals surface area contributed by atoms with Crippen LogP contribution in [0.2, 0.25) is 0 Å². The zero-order valence-electron chi connectivity index (χ0n) is 20.5. The second-order valence-electron chi connectivity index (χ2n) is 9.34. The first-order chi connectivity index (χ1) is 17.8. The molecule has 1 saturated carbocycles. The summed E-state index contributed by atoms with van der Waals surface area (Å²) < 4.78 is 53.1. The molecule has 2 aromatic carbocycles. The minimum absolute atomic E-state index is 0.131. The Balaban J connectivity index is 1.37. The molecule has 0 spiro atoms. The normalized spacial score (nSPS) is 17.5. The maximum Gasteiger partial charge on any atom is 0.243 e. The molecular weight excluding hydrogens is 515 g/mol. The van der Waals surface area contributed by atoms with E-state index in [0.29, 0.717) is 31.0 Å². The second-order valence-corrected chi connectivity index (χ2v) is 12.3. The third kappa shape index (κ3) is 5.81. The number of sulfonamides is 1. The highest BCUT2D eigenvalue weighted by atomic mass is 32.2. The van der Waals surface area contributed by atoms with Crippen LogP contribution < -0.4 is 9.47 Å². The summed E-state index contributed by atoms with van der Waals surface area (Å²) in [5.41, 5.74) is 0.993. The molecule has 0 bridgehead atoms. The van der Waals surface area contributed by atoms with Gasteiger partial charge in [0.15, 0.2) is 0 Å². The zero-order chi connectivity index (χ0) is 26.0. The number of rotatable bonds is 10. The van der Waals surface area contributed by atoms with Crippen molar-refractivity contribution in [1.82, 2.24) is 9.21 Å². The first kappa shape index (κ1) is 25.7. The van der Waals surface area contributed by atoms with Crippen molar-refractivity contribution >= 4 is 27.3 Å². The minimum Gasteiger partial charge on any atom is -0.497 e. The quantitative estimate of drug-likeness (QED) is 0.376. The lowest BCUT2D eigenvalue weighted by Gasteiger charge is -2.37. The molecule has 2 aliphatic rings. The number of methoxy groups -OCH3 is 1. The number of benzene rings is 2. The van der Waals surface area contributed by atoms with Crippen LogP contribution in [-0.4, -0.2) is 56.9 Å². The van der Waals surface area contributed by atoms with Gasteiger partial charge >= 0.3 is 0 Å². The maximum absolute atomic E-state index is 13.7. The minimum atomic E-state index is -3.88. The Morgan fingerprint density at radius 1 is 1.14 bits per heavy atom. The van der Waals surface area contributed by atoms with Gasteiger partial charge in [0.1, 0.15) is 23.9 Å². The van der Waals surface area contributed by atoms with Gasteiger partial charge in [0.05, 0.1) is 24.6 Å². The Labute approximate surface area is 220 Å². The van der Waals surface area contributed by atoms with Gasteiger partial charge < -0.3 is 14.4 Å². The fraction of sp³-hybridized carbons (Fsp3) is 0.370. The van der Waals surface area contributed by atoms with Gasteiger partial charge in [-0.3, -0.25) is 4.79 Å². The molecule has 5 rings (SSSR count). The highest BCUT2D eigenvalue weighted by Gasteiger charge is 2.37. The molecule has 1 aromatic heterocycles. The lowest BCUT2D eigenvalue weighted by Crippen LogP contribution is -2.48. The lowest BCUT2D eigenvalue weighted by atomic mass is 10.0. The van der Waals surface area contributed by atoms with Crippen molar-refractivity contribution in [1.29, 1.82) is 0 Å². The second kappa shape index (κ2) is 10.8. The molecule has 0 saturated heterocycles. The summed E-state index contributed by atoms with van der Waals surface area (Å²) in [7, 11) is -2.36. The smallest absolute Gasteiger partial charge is 0.243 e. The van der Waals surface area contributed by atoms with E-state index >= 15 is 0 Å². The number of ether oxygens (including phenoxy) is 2. The third-order valence-corrected chi connectivity index (χ3v) is 9.61. The average molecular weight is 545 g/mol. The van der Waals surface area contributed by atoms with Gasteiger partial charge in [0, 0.05) is 24.0 Å². The van der Waals surface area contributed by atoms with Gasteiger partial charge in [-0.05, 0) is 78.6 Å². The molecule has 0 radical (unpaired) electrons. The molecular formula is C27H29FN2O5S2. The zero-order valence-corrected chi connectivity index (χ0v) is 22.1. The highest BCUT2D eigenvalue weighted by molar-refractivity contribution is 7.89. The Bertz CT molecular complexity index is 1360. The highest BCUT2D eigenvalue weighted by Crippen LogP contribution is 2.35. The number of carbonyl (C=O) groups is 1. The number of hydrogen-bond donors (Lipinski definition) is 0. The van der Waals surface area contributed by atoms with Gasteiger partial charge in [-0.15, -0.1) is 11.3 Å². The average Bonchev–Trinajstić information content (AvgIpc) is 3.59. The largest absolute Gasteiger partial charge is 0.497 e. The fourth-order valence-corrected chi connectivity index (χ4v) is 6.97.